The molecule has 0 aliphatic rings. The van der Waals surface area contributed by atoms with Gasteiger partial charge in [-0.15, -0.1) is 5.10 Å². The van der Waals surface area contributed by atoms with Crippen molar-refractivity contribution in [2.24, 2.45) is 0 Å². The van der Waals surface area contributed by atoms with Crippen LogP contribution in [0.2, 0.25) is 0 Å². The molecule has 2 aromatic carbocycles. The van der Waals surface area contributed by atoms with Gasteiger partial charge in [-0.2, -0.15) is 4.98 Å². The maximum absolute atomic E-state index is 13.0. The highest BCUT2D eigenvalue weighted by Crippen LogP contribution is 2.25. The van der Waals surface area contributed by atoms with Crippen molar-refractivity contribution in [3.63, 3.8) is 0 Å². The van der Waals surface area contributed by atoms with E-state index >= 15 is 0 Å². The molecule has 2 aromatic heterocycles. The first-order chi connectivity index (χ1) is 15.0. The predicted octanol–water partition coefficient (Wildman–Crippen LogP) is 4.46. The van der Waals surface area contributed by atoms with Gasteiger partial charge in [-0.1, -0.05) is 30.0 Å². The number of anilines is 1. The first kappa shape index (κ1) is 20.9. The van der Waals surface area contributed by atoms with E-state index in [1.165, 1.54) is 11.8 Å². The van der Waals surface area contributed by atoms with Crippen molar-refractivity contribution >= 4 is 29.1 Å². The summed E-state index contributed by atoms with van der Waals surface area (Å²) < 4.78 is 7.53. The zero-order chi connectivity index (χ0) is 22.0. The summed E-state index contributed by atoms with van der Waals surface area (Å²) in [5.74, 6) is 2.01. The van der Waals surface area contributed by atoms with Gasteiger partial charge in [0.1, 0.15) is 11.5 Å². The Labute approximate surface area is 185 Å². The number of rotatable bonds is 6. The van der Waals surface area contributed by atoms with Crippen molar-refractivity contribution in [1.29, 1.82) is 0 Å². The number of aromatic nitrogens is 4. The molecule has 1 amide bonds. The fraction of sp³-hybridized carbons (Fsp3) is 0.217. The van der Waals surface area contributed by atoms with Crippen LogP contribution in [0.4, 0.5) is 5.69 Å². The Kier molecular flexibility index (Phi) is 5.90. The molecule has 0 saturated carbocycles. The molecular weight excluding hydrogens is 410 g/mol. The summed E-state index contributed by atoms with van der Waals surface area (Å²) in [5.41, 5.74) is 3.33. The van der Waals surface area contributed by atoms with Crippen LogP contribution in [0.5, 0.6) is 11.5 Å². The summed E-state index contributed by atoms with van der Waals surface area (Å²) in [6, 6.07) is 17.1. The minimum Gasteiger partial charge on any atom is -0.457 e. The first-order valence-corrected chi connectivity index (χ1v) is 11.0. The van der Waals surface area contributed by atoms with Gasteiger partial charge in [-0.3, -0.25) is 4.79 Å². The largest absolute Gasteiger partial charge is 0.457 e. The molecule has 4 aromatic rings. The third-order valence-corrected chi connectivity index (χ3v) is 5.66. The fourth-order valence-electron chi connectivity index (χ4n) is 3.31. The van der Waals surface area contributed by atoms with Gasteiger partial charge in [0.2, 0.25) is 11.1 Å². The number of hydrogen-bond donors (Lipinski definition) is 0. The Hall–Kier alpha value is -3.39. The molecule has 2 heterocycles. The summed E-state index contributed by atoms with van der Waals surface area (Å²) in [6.07, 6.45) is 2.15. The summed E-state index contributed by atoms with van der Waals surface area (Å²) in [7, 11) is 1.77. The number of fused-ring (bicyclic) bond motifs is 1. The smallest absolute Gasteiger partial charge is 0.253 e. The zero-order valence-corrected chi connectivity index (χ0v) is 18.7. The van der Waals surface area contributed by atoms with Crippen LogP contribution in [-0.2, 0) is 11.2 Å². The van der Waals surface area contributed by atoms with E-state index in [2.05, 4.69) is 15.1 Å². The number of thioether (sulfide) groups is 1. The predicted molar refractivity (Wildman–Crippen MR) is 122 cm³/mol. The van der Waals surface area contributed by atoms with Crippen molar-refractivity contribution in [2.75, 3.05) is 18.2 Å². The highest BCUT2D eigenvalue weighted by molar-refractivity contribution is 7.98. The molecule has 0 N–H and O–H groups in total. The third kappa shape index (κ3) is 4.39. The van der Waals surface area contributed by atoms with Gasteiger partial charge in [0.25, 0.3) is 5.78 Å². The SMILES string of the molecule is CSc1nc2nc(C)c(CC(=O)N(C)c3ccc(Oc4ccccc4)cc3)c(C)n2n1. The molecule has 0 fully saturated rings. The highest BCUT2D eigenvalue weighted by atomic mass is 32.2. The van der Waals surface area contributed by atoms with Crippen LogP contribution in [-0.4, -0.2) is 38.8 Å². The molecule has 0 atom stereocenters. The van der Waals surface area contributed by atoms with E-state index in [4.69, 9.17) is 4.74 Å². The van der Waals surface area contributed by atoms with Crippen molar-refractivity contribution in [3.05, 3.63) is 71.5 Å². The van der Waals surface area contributed by atoms with Crippen molar-refractivity contribution < 1.29 is 9.53 Å². The summed E-state index contributed by atoms with van der Waals surface area (Å²) in [5, 5.41) is 5.11. The first-order valence-electron chi connectivity index (χ1n) is 9.82. The molecule has 0 saturated heterocycles. The molecule has 0 radical (unpaired) electrons. The molecule has 0 spiro atoms. The van der Waals surface area contributed by atoms with E-state index in [1.807, 2.05) is 74.7 Å². The standard InChI is InChI=1S/C23H23N5O2S/c1-15-20(16(2)28-22(24-15)25-23(26-28)31-4)14-21(29)27(3)17-10-12-19(13-11-17)30-18-8-6-5-7-9-18/h5-13H,14H2,1-4H3. The Morgan fingerprint density at radius 2 is 1.71 bits per heavy atom. The number of para-hydroxylation sites is 1. The van der Waals surface area contributed by atoms with Crippen LogP contribution >= 0.6 is 11.8 Å². The van der Waals surface area contributed by atoms with Gasteiger partial charge in [0.05, 0.1) is 6.42 Å². The maximum atomic E-state index is 13.0. The van der Waals surface area contributed by atoms with E-state index in [0.717, 1.165) is 28.4 Å². The quantitative estimate of drug-likeness (QED) is 0.418. The molecule has 0 aliphatic carbocycles. The number of benzene rings is 2. The van der Waals surface area contributed by atoms with Gasteiger partial charge in [0, 0.05) is 29.7 Å². The third-order valence-electron chi connectivity index (χ3n) is 5.12. The van der Waals surface area contributed by atoms with Gasteiger partial charge in [-0.05, 0) is 56.5 Å². The van der Waals surface area contributed by atoms with E-state index in [1.54, 1.807) is 16.5 Å². The second kappa shape index (κ2) is 8.77. The monoisotopic (exact) mass is 433 g/mol. The van der Waals surface area contributed by atoms with Gasteiger partial charge < -0.3 is 9.64 Å². The molecule has 0 unspecified atom stereocenters. The van der Waals surface area contributed by atoms with E-state index in [0.29, 0.717) is 16.7 Å². The lowest BCUT2D eigenvalue weighted by Gasteiger charge is -2.19. The van der Waals surface area contributed by atoms with Crippen molar-refractivity contribution in [2.45, 2.75) is 25.4 Å². The number of aryl methyl sites for hydroxylation is 2. The van der Waals surface area contributed by atoms with E-state index < -0.39 is 0 Å². The number of nitrogens with zero attached hydrogens (tertiary/aromatic N) is 5. The fourth-order valence-corrected chi connectivity index (χ4v) is 3.64. The summed E-state index contributed by atoms with van der Waals surface area (Å²) >= 11 is 1.46. The average Bonchev–Trinajstić information content (AvgIpc) is 3.20. The zero-order valence-electron chi connectivity index (χ0n) is 17.9. The second-order valence-electron chi connectivity index (χ2n) is 7.11. The maximum Gasteiger partial charge on any atom is 0.253 e. The molecular formula is C23H23N5O2S. The Balaban J connectivity index is 1.51. The van der Waals surface area contributed by atoms with Gasteiger partial charge >= 0.3 is 0 Å². The van der Waals surface area contributed by atoms with Gasteiger partial charge in [0.15, 0.2) is 0 Å². The second-order valence-corrected chi connectivity index (χ2v) is 7.88. The van der Waals surface area contributed by atoms with Crippen LogP contribution in [0.15, 0.2) is 59.8 Å². The van der Waals surface area contributed by atoms with Crippen LogP contribution < -0.4 is 9.64 Å². The number of hydrogen-bond acceptors (Lipinski definition) is 6. The van der Waals surface area contributed by atoms with Gasteiger partial charge in [-0.25, -0.2) is 9.50 Å². The molecule has 7 nitrogen and oxygen atoms in total. The number of carbonyl (C=O) groups excluding carboxylic acids is 1. The van der Waals surface area contributed by atoms with Crippen LogP contribution in [0.3, 0.4) is 0 Å². The molecule has 8 heteroatoms. The lowest BCUT2D eigenvalue weighted by Crippen LogP contribution is -2.28. The van der Waals surface area contributed by atoms with E-state index in [-0.39, 0.29) is 12.3 Å². The minimum atomic E-state index is -0.0331. The topological polar surface area (TPSA) is 72.6 Å². The van der Waals surface area contributed by atoms with Crippen LogP contribution in [0.25, 0.3) is 5.78 Å². The normalized spacial score (nSPS) is 11.0. The lowest BCUT2D eigenvalue weighted by atomic mass is 10.1. The number of ether oxygens (including phenoxy) is 1. The number of likely N-dealkylation sites (N-methyl/N-ethyl adjacent to an activating group) is 1. The number of amides is 1. The van der Waals surface area contributed by atoms with Crippen LogP contribution in [0.1, 0.15) is 17.0 Å². The molecule has 4 rings (SSSR count). The molecule has 158 valence electrons. The van der Waals surface area contributed by atoms with Crippen molar-refractivity contribution in [3.8, 4) is 11.5 Å². The minimum absolute atomic E-state index is 0.0331. The summed E-state index contributed by atoms with van der Waals surface area (Å²) in [4.78, 5) is 23.6. The Bertz CT molecular complexity index is 1220. The Morgan fingerprint density at radius 1 is 1.03 bits per heavy atom. The Morgan fingerprint density at radius 3 is 2.39 bits per heavy atom. The van der Waals surface area contributed by atoms with Crippen molar-refractivity contribution in [1.82, 2.24) is 19.6 Å². The molecule has 0 aliphatic heterocycles. The molecule has 31 heavy (non-hydrogen) atoms. The lowest BCUT2D eigenvalue weighted by molar-refractivity contribution is -0.117. The highest BCUT2D eigenvalue weighted by Gasteiger charge is 2.19. The van der Waals surface area contributed by atoms with Crippen LogP contribution in [0, 0.1) is 13.8 Å². The molecule has 0 bridgehead atoms. The van der Waals surface area contributed by atoms with E-state index in [9.17, 15) is 4.79 Å². The summed E-state index contributed by atoms with van der Waals surface area (Å²) in [6.45, 7) is 3.84. The average molecular weight is 434 g/mol. The number of carbonyl (C=O) groups is 1.